The zero-order chi connectivity index (χ0) is 22.8. The van der Waals surface area contributed by atoms with Crippen LogP contribution in [-0.4, -0.2) is 34.6 Å². The van der Waals surface area contributed by atoms with E-state index in [4.69, 9.17) is 4.98 Å². The van der Waals surface area contributed by atoms with Gasteiger partial charge >= 0.3 is 0 Å². The van der Waals surface area contributed by atoms with Gasteiger partial charge in [0.15, 0.2) is 0 Å². The fraction of sp³-hybridized carbons (Fsp3) is 0.323. The Kier molecular flexibility index (Phi) is 4.41. The lowest BCUT2D eigenvalue weighted by Gasteiger charge is -2.56. The van der Waals surface area contributed by atoms with E-state index in [2.05, 4.69) is 77.7 Å². The minimum absolute atomic E-state index is 0.0623. The number of aromatic nitrogens is 1. The molecule has 1 fully saturated rings. The lowest BCUT2D eigenvalue weighted by Crippen LogP contribution is -2.60. The minimum Gasteiger partial charge on any atom is -0.508 e. The number of nitrogens with zero attached hydrogens (tertiary/aromatic N) is 2. The van der Waals surface area contributed by atoms with Crippen LogP contribution >= 0.6 is 0 Å². The van der Waals surface area contributed by atoms with E-state index in [9.17, 15) is 5.11 Å². The summed E-state index contributed by atoms with van der Waals surface area (Å²) in [6.07, 6.45) is 5.37. The summed E-state index contributed by atoms with van der Waals surface area (Å²) >= 11 is 0. The summed E-state index contributed by atoms with van der Waals surface area (Å²) in [4.78, 5) is 7.88. The molecule has 1 saturated heterocycles. The van der Waals surface area contributed by atoms with Crippen LogP contribution in [0.1, 0.15) is 34.4 Å². The van der Waals surface area contributed by atoms with Crippen molar-refractivity contribution in [3.63, 3.8) is 0 Å². The van der Waals surface area contributed by atoms with Gasteiger partial charge in [-0.2, -0.15) is 0 Å². The molecule has 0 spiro atoms. The van der Waals surface area contributed by atoms with Gasteiger partial charge in [0, 0.05) is 41.4 Å². The fourth-order valence-corrected chi connectivity index (χ4v) is 7.38. The summed E-state index contributed by atoms with van der Waals surface area (Å²) in [5.74, 6) is 0.396. The van der Waals surface area contributed by atoms with Crippen molar-refractivity contribution in [2.75, 3.05) is 19.6 Å². The zero-order valence-electron chi connectivity index (χ0n) is 19.5. The first kappa shape index (κ1) is 20.2. The third-order valence-electron chi connectivity index (χ3n) is 8.98. The maximum atomic E-state index is 10.4. The Morgan fingerprint density at radius 2 is 1.68 bits per heavy atom. The first-order valence-electron chi connectivity index (χ1n) is 12.6. The van der Waals surface area contributed by atoms with Crippen molar-refractivity contribution in [3.05, 3.63) is 107 Å². The van der Waals surface area contributed by atoms with Crippen LogP contribution in [0.3, 0.4) is 0 Å². The molecule has 1 N–H and O–H groups in total. The molecular formula is C31H30N2O. The van der Waals surface area contributed by atoms with E-state index >= 15 is 0 Å². The Hall–Kier alpha value is -3.17. The van der Waals surface area contributed by atoms with Gasteiger partial charge in [-0.05, 0) is 78.7 Å². The minimum atomic E-state index is 0.0623. The van der Waals surface area contributed by atoms with Gasteiger partial charge < -0.3 is 10.0 Å². The molecule has 3 nitrogen and oxygen atoms in total. The Bertz CT molecular complexity index is 1400. The first-order valence-corrected chi connectivity index (χ1v) is 12.6. The van der Waals surface area contributed by atoms with Crippen LogP contribution in [0.5, 0.6) is 5.75 Å². The van der Waals surface area contributed by atoms with Crippen molar-refractivity contribution in [3.8, 4) is 5.75 Å². The number of fused-ring (bicyclic) bond motifs is 3. The lowest BCUT2D eigenvalue weighted by molar-refractivity contribution is 0.00373. The van der Waals surface area contributed by atoms with Crippen LogP contribution in [0.4, 0.5) is 0 Å². The smallest absolute Gasteiger partial charge is 0.115 e. The molecule has 4 aromatic rings. The van der Waals surface area contributed by atoms with E-state index in [0.29, 0.717) is 5.75 Å². The van der Waals surface area contributed by atoms with Gasteiger partial charge in [-0.3, -0.25) is 4.98 Å². The number of piperidine rings is 1. The van der Waals surface area contributed by atoms with Crippen molar-refractivity contribution in [1.29, 1.82) is 0 Å². The number of benzene rings is 3. The second kappa shape index (κ2) is 7.41. The third-order valence-corrected chi connectivity index (χ3v) is 8.98. The van der Waals surface area contributed by atoms with E-state index in [1.807, 2.05) is 6.07 Å². The second-order valence-corrected chi connectivity index (χ2v) is 10.8. The molecule has 0 bridgehead atoms. The number of hydrogen-bond acceptors (Lipinski definition) is 3. The average molecular weight is 447 g/mol. The Morgan fingerprint density at radius 3 is 2.59 bits per heavy atom. The van der Waals surface area contributed by atoms with Crippen LogP contribution in [0.15, 0.2) is 78.9 Å². The summed E-state index contributed by atoms with van der Waals surface area (Å²) in [6, 6.07) is 27.9. The predicted octanol–water partition coefficient (Wildman–Crippen LogP) is 5.47. The van der Waals surface area contributed by atoms with Crippen LogP contribution in [0, 0.1) is 5.41 Å². The van der Waals surface area contributed by atoms with E-state index in [1.54, 1.807) is 0 Å². The number of hydrogen-bond donors (Lipinski definition) is 1. The molecule has 0 amide bonds. The number of rotatable bonds is 3. The largest absolute Gasteiger partial charge is 0.508 e. The van der Waals surface area contributed by atoms with Gasteiger partial charge in [0.05, 0.1) is 5.52 Å². The van der Waals surface area contributed by atoms with Gasteiger partial charge in [-0.15, -0.1) is 0 Å². The maximum Gasteiger partial charge on any atom is 0.115 e. The molecule has 0 radical (unpaired) electrons. The normalized spacial score (nSPS) is 25.4. The number of pyridine rings is 1. The van der Waals surface area contributed by atoms with E-state index in [0.717, 1.165) is 57.3 Å². The Labute approximate surface area is 201 Å². The number of phenols is 1. The SMILES string of the molecule is Oc1ccc2c(c1)C13CCN(CCc4ccccc4)CC1(C2)Cc1cc2ccccc2nc1C3. The van der Waals surface area contributed by atoms with Crippen LogP contribution in [-0.2, 0) is 31.1 Å². The number of likely N-dealkylation sites (tertiary alicyclic amines) is 1. The molecule has 2 aliphatic carbocycles. The molecule has 170 valence electrons. The highest BCUT2D eigenvalue weighted by atomic mass is 16.3. The quantitative estimate of drug-likeness (QED) is 0.453. The van der Waals surface area contributed by atoms with Gasteiger partial charge in [0.2, 0.25) is 0 Å². The maximum absolute atomic E-state index is 10.4. The topological polar surface area (TPSA) is 36.4 Å². The standard InChI is InChI=1S/C31H30N2O/c34-26-11-10-24-18-30-19-25-16-23-8-4-5-9-28(23)32-29(25)20-31(30,27(24)17-26)13-15-33(21-30)14-12-22-6-2-1-3-7-22/h1-11,16-17,34H,12-15,18-21H2. The highest BCUT2D eigenvalue weighted by Crippen LogP contribution is 2.62. The summed E-state index contributed by atoms with van der Waals surface area (Å²) in [5.41, 5.74) is 8.25. The molecular weight excluding hydrogens is 416 g/mol. The first-order chi connectivity index (χ1) is 16.6. The summed E-state index contributed by atoms with van der Waals surface area (Å²) in [7, 11) is 0. The summed E-state index contributed by atoms with van der Waals surface area (Å²) in [5, 5.41) is 11.7. The van der Waals surface area contributed by atoms with Gasteiger partial charge in [0.1, 0.15) is 5.75 Å². The number of phenolic OH excluding ortho intramolecular Hbond substituents is 1. The van der Waals surface area contributed by atoms with Gasteiger partial charge in [-0.25, -0.2) is 0 Å². The van der Waals surface area contributed by atoms with Crippen molar-refractivity contribution < 1.29 is 5.11 Å². The van der Waals surface area contributed by atoms with Gasteiger partial charge in [0.25, 0.3) is 0 Å². The lowest BCUT2D eigenvalue weighted by atomic mass is 9.52. The number of aromatic hydroxyl groups is 1. The van der Waals surface area contributed by atoms with E-state index in [1.165, 1.54) is 33.3 Å². The van der Waals surface area contributed by atoms with Crippen molar-refractivity contribution in [2.24, 2.45) is 5.41 Å². The van der Waals surface area contributed by atoms with Crippen LogP contribution in [0.2, 0.25) is 0 Å². The average Bonchev–Trinajstić information content (AvgIpc) is 3.14. The predicted molar refractivity (Wildman–Crippen MR) is 136 cm³/mol. The second-order valence-electron chi connectivity index (χ2n) is 10.8. The van der Waals surface area contributed by atoms with Crippen molar-refractivity contribution >= 4 is 10.9 Å². The highest BCUT2D eigenvalue weighted by molar-refractivity contribution is 5.79. The molecule has 3 heteroatoms. The molecule has 0 saturated carbocycles. The zero-order valence-corrected chi connectivity index (χ0v) is 19.5. The molecule has 1 aromatic heterocycles. The van der Waals surface area contributed by atoms with Crippen molar-refractivity contribution in [2.45, 2.75) is 37.5 Å². The van der Waals surface area contributed by atoms with Crippen molar-refractivity contribution in [1.82, 2.24) is 9.88 Å². The van der Waals surface area contributed by atoms with Crippen LogP contribution in [0.25, 0.3) is 10.9 Å². The fourth-order valence-electron chi connectivity index (χ4n) is 7.38. The molecule has 3 aromatic carbocycles. The molecule has 3 aliphatic rings. The molecule has 1 aliphatic heterocycles. The summed E-state index contributed by atoms with van der Waals surface area (Å²) in [6.45, 7) is 3.32. The van der Waals surface area contributed by atoms with E-state index in [-0.39, 0.29) is 10.8 Å². The highest BCUT2D eigenvalue weighted by Gasteiger charge is 2.61. The molecule has 2 atom stereocenters. The third kappa shape index (κ3) is 2.96. The Balaban J connectivity index is 1.30. The van der Waals surface area contributed by atoms with Gasteiger partial charge in [-0.1, -0.05) is 54.6 Å². The molecule has 7 rings (SSSR count). The molecule has 2 heterocycles. The van der Waals surface area contributed by atoms with E-state index < -0.39 is 0 Å². The monoisotopic (exact) mass is 446 g/mol. The molecule has 34 heavy (non-hydrogen) atoms. The number of para-hydroxylation sites is 1. The van der Waals surface area contributed by atoms with Crippen LogP contribution < -0.4 is 0 Å². The summed E-state index contributed by atoms with van der Waals surface area (Å²) < 4.78 is 0. The Morgan fingerprint density at radius 1 is 0.853 bits per heavy atom. The molecule has 2 unspecified atom stereocenters.